The molecule has 25 heteroatoms. The summed E-state index contributed by atoms with van der Waals surface area (Å²) in [6.07, 6.45) is 8.41. The SMILES string of the molecule is BrCCCOCc1ccccc1.COC(=O)c1c(C)cccc1[N+](=O)[O-].COC(=O)c1c(CBr)cccc1[N+](=O)[O-].ClC(Cl)(Cl)Cl.O=CCCCOCCCOCc1ccccc1.OCCCCO.OCCCCOCCCOCc1ccccc1. The summed E-state index contributed by atoms with van der Waals surface area (Å²) in [6.45, 7) is 9.44. The van der Waals surface area contributed by atoms with Crippen molar-refractivity contribution >= 4 is 108 Å². The Hall–Kier alpha value is -4.69. The van der Waals surface area contributed by atoms with E-state index < -0.39 is 25.0 Å². The van der Waals surface area contributed by atoms with Gasteiger partial charge in [0.1, 0.15) is 17.4 Å². The molecule has 0 atom stereocenters. The molecule has 0 aliphatic carbocycles. The number of aldehydes is 1. The van der Waals surface area contributed by atoms with Gasteiger partial charge in [0.15, 0.2) is 0 Å². The van der Waals surface area contributed by atoms with Crippen molar-refractivity contribution in [3.05, 3.63) is 187 Å². The number of esters is 2. The fraction of sp³-hybridized carbons (Fsp3) is 0.459. The minimum atomic E-state index is -1.61. The third-order valence-corrected chi connectivity index (χ3v) is 11.6. The molecule has 0 unspecified atom stereocenters. The number of alkyl halides is 6. The predicted molar refractivity (Wildman–Crippen MR) is 345 cm³/mol. The van der Waals surface area contributed by atoms with E-state index >= 15 is 0 Å². The molecule has 3 N–H and O–H groups in total. The molecule has 0 spiro atoms. The molecule has 0 saturated carbocycles. The van der Waals surface area contributed by atoms with Crippen molar-refractivity contribution < 1.29 is 72.7 Å². The number of aliphatic hydroxyl groups excluding tert-OH is 3. The number of halogens is 6. The average Bonchev–Trinajstić information content (AvgIpc) is 2.74. The van der Waals surface area contributed by atoms with Crippen molar-refractivity contribution in [1.82, 2.24) is 0 Å². The number of hydrogen-bond acceptors (Lipinski definition) is 17. The van der Waals surface area contributed by atoms with Crippen molar-refractivity contribution in [2.75, 3.05) is 85.6 Å². The lowest BCUT2D eigenvalue weighted by atomic mass is 10.1. The van der Waals surface area contributed by atoms with E-state index in [4.69, 9.17) is 85.4 Å². The summed E-state index contributed by atoms with van der Waals surface area (Å²) in [4.78, 5) is 52.7. The Labute approximate surface area is 542 Å². The van der Waals surface area contributed by atoms with Gasteiger partial charge in [0.2, 0.25) is 0 Å². The van der Waals surface area contributed by atoms with Crippen LogP contribution in [0.15, 0.2) is 127 Å². The third-order valence-electron chi connectivity index (χ3n) is 10.5. The van der Waals surface area contributed by atoms with Gasteiger partial charge in [-0.25, -0.2) is 9.59 Å². The van der Waals surface area contributed by atoms with Gasteiger partial charge >= 0.3 is 11.9 Å². The molecular weight excluding hydrogens is 1330 g/mol. The second kappa shape index (κ2) is 58.0. The highest BCUT2D eigenvalue weighted by molar-refractivity contribution is 9.09. The number of aryl methyl sites for hydroxylation is 1. The molecule has 0 heterocycles. The molecule has 0 fully saturated rings. The van der Waals surface area contributed by atoms with Crippen LogP contribution in [0.1, 0.15) is 106 Å². The molecule has 86 heavy (non-hydrogen) atoms. The van der Waals surface area contributed by atoms with Gasteiger partial charge in [0.05, 0.1) is 43.9 Å². The Balaban J connectivity index is 0. The number of nitrogens with zero attached hydrogens (tertiary/aromatic N) is 2. The van der Waals surface area contributed by atoms with Crippen molar-refractivity contribution in [1.29, 1.82) is 0 Å². The average molecular weight is 1420 g/mol. The van der Waals surface area contributed by atoms with E-state index in [1.807, 2.05) is 54.6 Å². The molecule has 5 aromatic carbocycles. The molecule has 19 nitrogen and oxygen atoms in total. The highest BCUT2D eigenvalue weighted by Gasteiger charge is 2.24. The summed E-state index contributed by atoms with van der Waals surface area (Å²) in [5, 5.41) is 47.4. The first-order valence-corrected chi connectivity index (χ1v) is 31.0. The Bertz CT molecular complexity index is 2470. The Kier molecular flexibility index (Phi) is 56.2. The first-order valence-electron chi connectivity index (χ1n) is 27.2. The maximum absolute atomic E-state index is 11.4. The van der Waals surface area contributed by atoms with Crippen LogP contribution in [0.5, 0.6) is 0 Å². The number of rotatable bonds is 33. The summed E-state index contributed by atoms with van der Waals surface area (Å²) in [5.41, 5.74) is 4.27. The zero-order valence-electron chi connectivity index (χ0n) is 48.9. The molecule has 0 bridgehead atoms. The summed E-state index contributed by atoms with van der Waals surface area (Å²) in [7, 11) is 2.38. The number of carbonyl (C=O) groups is 3. The lowest BCUT2D eigenvalue weighted by Crippen LogP contribution is -2.08. The van der Waals surface area contributed by atoms with E-state index in [0.29, 0.717) is 55.9 Å². The third kappa shape index (κ3) is 48.3. The number of carbonyl (C=O) groups excluding carboxylic acids is 3. The Morgan fingerprint density at radius 2 is 0.849 bits per heavy atom. The van der Waals surface area contributed by atoms with Crippen molar-refractivity contribution in [2.24, 2.45) is 0 Å². The molecule has 0 aliphatic rings. The van der Waals surface area contributed by atoms with E-state index in [0.717, 1.165) is 96.0 Å². The van der Waals surface area contributed by atoms with Crippen molar-refractivity contribution in [2.45, 2.75) is 93.1 Å². The Morgan fingerprint density at radius 1 is 0.500 bits per heavy atom. The molecule has 0 aliphatic heterocycles. The highest BCUT2D eigenvalue weighted by atomic mass is 79.9. The number of aliphatic hydroxyl groups is 3. The monoisotopic (exact) mass is 1410 g/mol. The standard InChI is InChI=1S/C14H22O3.C14H20O3.C10H13BrO.C9H8BrNO4.C9H9NO4.C4H10O2.CCl4/c2*15-9-4-5-10-16-11-6-12-17-13-14-7-2-1-3-8-14;11-7-4-8-12-9-10-5-2-1-3-6-10;1-15-9(12)8-6(5-10)3-2-4-7(8)11(13)14;1-6-4-3-5-7(10(12)13)8(6)9(11)14-2;5-3-1-2-4-6;2-1(3,4)5/h1-3,7-8,15H,4-6,9-13H2;1-3,7-9H,4-6,10-13H2;1-3,5-6H,4,7-9H2;2-4H,5H2,1H3;3-5H,1-2H3;5-6H,1-4H2;. The van der Waals surface area contributed by atoms with Gasteiger partial charge in [-0.2, -0.15) is 0 Å². The van der Waals surface area contributed by atoms with E-state index in [1.54, 1.807) is 19.1 Å². The first-order chi connectivity index (χ1) is 41.4. The summed E-state index contributed by atoms with van der Waals surface area (Å²) in [6, 6.07) is 39.4. The number of nitro groups is 2. The zero-order valence-corrected chi connectivity index (χ0v) is 55.1. The topological polar surface area (TPSA) is 263 Å². The molecule has 5 aromatic rings. The molecule has 0 aromatic heterocycles. The van der Waals surface area contributed by atoms with Crippen LogP contribution in [0.4, 0.5) is 11.4 Å². The number of ether oxygens (including phenoxy) is 7. The van der Waals surface area contributed by atoms with Crippen LogP contribution in [0.3, 0.4) is 0 Å². The predicted octanol–water partition coefficient (Wildman–Crippen LogP) is 14.2. The minimum Gasteiger partial charge on any atom is -0.465 e. The van der Waals surface area contributed by atoms with E-state index in [1.165, 1.54) is 55.2 Å². The smallest absolute Gasteiger partial charge is 0.345 e. The number of nitro benzene ring substituents is 2. The van der Waals surface area contributed by atoms with Crippen LogP contribution in [-0.4, -0.2) is 132 Å². The maximum Gasteiger partial charge on any atom is 0.345 e. The summed E-state index contributed by atoms with van der Waals surface area (Å²) in [5.74, 6) is -1.38. The molecular formula is C61H82Br2Cl4N2O17. The summed E-state index contributed by atoms with van der Waals surface area (Å²) < 4.78 is 34.6. The van der Waals surface area contributed by atoms with E-state index in [9.17, 15) is 34.6 Å². The van der Waals surface area contributed by atoms with Gasteiger partial charge < -0.3 is 53.3 Å². The number of benzene rings is 5. The molecule has 0 saturated heterocycles. The number of unbranched alkanes of at least 4 members (excludes halogenated alkanes) is 3. The van der Waals surface area contributed by atoms with Gasteiger partial charge in [-0.15, -0.1) is 0 Å². The van der Waals surface area contributed by atoms with Gasteiger partial charge in [-0.05, 0) is 86.1 Å². The van der Waals surface area contributed by atoms with E-state index in [-0.39, 0.29) is 42.3 Å². The molecule has 5 rings (SSSR count). The van der Waals surface area contributed by atoms with Crippen LogP contribution in [-0.2, 0) is 63.1 Å². The van der Waals surface area contributed by atoms with Gasteiger partial charge in [0, 0.05) is 95.3 Å². The lowest BCUT2D eigenvalue weighted by molar-refractivity contribution is -0.385. The first kappa shape index (κ1) is 83.4. The van der Waals surface area contributed by atoms with Gasteiger partial charge in [-0.1, -0.05) is 194 Å². The second-order valence-electron chi connectivity index (χ2n) is 17.3. The van der Waals surface area contributed by atoms with Crippen LogP contribution in [0.25, 0.3) is 0 Å². The molecule has 0 radical (unpaired) electrons. The fourth-order valence-electron chi connectivity index (χ4n) is 6.35. The van der Waals surface area contributed by atoms with Crippen molar-refractivity contribution in [3.63, 3.8) is 0 Å². The van der Waals surface area contributed by atoms with Crippen LogP contribution in [0, 0.1) is 27.2 Å². The maximum atomic E-state index is 11.4. The minimum absolute atomic E-state index is 0.00174. The summed E-state index contributed by atoms with van der Waals surface area (Å²) >= 11 is 25.8. The highest BCUT2D eigenvalue weighted by Crippen LogP contribution is 2.30. The van der Waals surface area contributed by atoms with E-state index in [2.05, 4.69) is 77.7 Å². The number of methoxy groups -OCH3 is 2. The quantitative estimate of drug-likeness (QED) is 0.00880. The van der Waals surface area contributed by atoms with Crippen LogP contribution >= 0.6 is 78.3 Å². The zero-order chi connectivity index (χ0) is 64.5. The largest absolute Gasteiger partial charge is 0.465 e. The van der Waals surface area contributed by atoms with Gasteiger partial charge in [-0.3, -0.25) is 20.2 Å². The molecule has 480 valence electrons. The van der Waals surface area contributed by atoms with Gasteiger partial charge in [0.25, 0.3) is 14.6 Å². The normalized spacial score (nSPS) is 10.1. The lowest BCUT2D eigenvalue weighted by Gasteiger charge is -2.05. The fourth-order valence-corrected chi connectivity index (χ4v) is 7.04. The molecule has 0 amide bonds. The Morgan fingerprint density at radius 3 is 1.22 bits per heavy atom. The van der Waals surface area contributed by atoms with Crippen LogP contribution < -0.4 is 0 Å². The van der Waals surface area contributed by atoms with Crippen molar-refractivity contribution in [3.8, 4) is 0 Å². The second-order valence-corrected chi connectivity index (χ2v) is 22.1. The number of hydrogen-bond donors (Lipinski definition) is 3. The van der Waals surface area contributed by atoms with Crippen LogP contribution in [0.2, 0.25) is 0 Å².